The highest BCUT2D eigenvalue weighted by Gasteiger charge is 2.35. The Kier molecular flexibility index (Phi) is 8.47. The van der Waals surface area contributed by atoms with Crippen LogP contribution in [-0.4, -0.2) is 55.0 Å². The lowest BCUT2D eigenvalue weighted by atomic mass is 10.1. The van der Waals surface area contributed by atoms with E-state index in [2.05, 4.69) is 10.6 Å². The summed E-state index contributed by atoms with van der Waals surface area (Å²) >= 11 is 0. The predicted molar refractivity (Wildman–Crippen MR) is 150 cm³/mol. The number of nitrogens with zero attached hydrogens (tertiary/aromatic N) is 2. The molecular formula is C29H32N4O5S. The quantitative estimate of drug-likeness (QED) is 0.420. The van der Waals surface area contributed by atoms with Crippen LogP contribution in [0.3, 0.4) is 0 Å². The standard InChI is InChI=1S/C29H32N4O5S/c1-20(2)33-19-23(17-27(33)34)29(36)31-24-11-9-22(10-12-24)28(35)30-25-13-15-26(16-14-25)39(37,38)32(3)18-21-7-5-4-6-8-21/h4-16,20,23H,17-19H2,1-3H3,(H,30,35)(H,31,36). The van der Waals surface area contributed by atoms with Crippen LogP contribution in [0.15, 0.2) is 83.8 Å². The molecule has 0 bridgehead atoms. The Morgan fingerprint density at radius 2 is 1.51 bits per heavy atom. The first-order valence-corrected chi connectivity index (χ1v) is 14.1. The van der Waals surface area contributed by atoms with Crippen LogP contribution in [0.25, 0.3) is 0 Å². The summed E-state index contributed by atoms with van der Waals surface area (Å²) in [6, 6.07) is 21.8. The summed E-state index contributed by atoms with van der Waals surface area (Å²) in [5.74, 6) is -1.04. The molecule has 0 aromatic heterocycles. The van der Waals surface area contributed by atoms with Crippen LogP contribution in [0.5, 0.6) is 0 Å². The van der Waals surface area contributed by atoms with Crippen molar-refractivity contribution in [1.82, 2.24) is 9.21 Å². The number of nitrogens with one attached hydrogen (secondary N) is 2. The lowest BCUT2D eigenvalue weighted by Crippen LogP contribution is -2.33. The first kappa shape index (κ1) is 28.0. The van der Waals surface area contributed by atoms with Gasteiger partial charge in [-0.2, -0.15) is 4.31 Å². The van der Waals surface area contributed by atoms with E-state index in [4.69, 9.17) is 0 Å². The summed E-state index contributed by atoms with van der Waals surface area (Å²) in [5, 5.41) is 5.57. The molecule has 204 valence electrons. The Morgan fingerprint density at radius 1 is 0.923 bits per heavy atom. The third-order valence-corrected chi connectivity index (χ3v) is 8.45. The monoisotopic (exact) mass is 548 g/mol. The molecule has 10 heteroatoms. The van der Waals surface area contributed by atoms with E-state index >= 15 is 0 Å². The molecule has 1 aliphatic rings. The second-order valence-corrected chi connectivity index (χ2v) is 11.9. The van der Waals surface area contributed by atoms with Gasteiger partial charge < -0.3 is 15.5 Å². The molecule has 0 saturated carbocycles. The third-order valence-electron chi connectivity index (χ3n) is 6.64. The molecule has 3 amide bonds. The SMILES string of the molecule is CC(C)N1CC(C(=O)Nc2ccc(C(=O)Nc3ccc(S(=O)(=O)N(C)Cc4ccccc4)cc3)cc2)CC1=O. The van der Waals surface area contributed by atoms with Gasteiger partial charge in [-0.1, -0.05) is 30.3 Å². The van der Waals surface area contributed by atoms with Gasteiger partial charge in [0.1, 0.15) is 0 Å². The van der Waals surface area contributed by atoms with Crippen molar-refractivity contribution in [3.05, 3.63) is 90.0 Å². The maximum Gasteiger partial charge on any atom is 0.255 e. The molecule has 0 radical (unpaired) electrons. The number of rotatable bonds is 9. The fourth-order valence-electron chi connectivity index (χ4n) is 4.37. The lowest BCUT2D eigenvalue weighted by molar-refractivity contribution is -0.129. The van der Waals surface area contributed by atoms with Crippen LogP contribution >= 0.6 is 0 Å². The van der Waals surface area contributed by atoms with Gasteiger partial charge in [0.2, 0.25) is 21.8 Å². The first-order chi connectivity index (χ1) is 18.5. The summed E-state index contributed by atoms with van der Waals surface area (Å²) in [6.45, 7) is 4.48. The maximum atomic E-state index is 12.9. The van der Waals surface area contributed by atoms with E-state index in [1.54, 1.807) is 41.3 Å². The number of likely N-dealkylation sites (tertiary alicyclic amines) is 1. The molecule has 39 heavy (non-hydrogen) atoms. The third kappa shape index (κ3) is 6.71. The second kappa shape index (κ2) is 11.8. The minimum absolute atomic E-state index is 0.0259. The van der Waals surface area contributed by atoms with Crippen LogP contribution in [-0.2, 0) is 26.2 Å². The minimum atomic E-state index is -3.70. The van der Waals surface area contributed by atoms with Crippen molar-refractivity contribution < 1.29 is 22.8 Å². The molecule has 2 N–H and O–H groups in total. The zero-order valence-electron chi connectivity index (χ0n) is 22.1. The molecule has 0 aliphatic carbocycles. The first-order valence-electron chi connectivity index (χ1n) is 12.7. The number of hydrogen-bond acceptors (Lipinski definition) is 5. The number of sulfonamides is 1. The summed E-state index contributed by atoms with van der Waals surface area (Å²) < 4.78 is 27.1. The normalized spacial score (nSPS) is 15.6. The van der Waals surface area contributed by atoms with Gasteiger partial charge in [0.15, 0.2) is 0 Å². The zero-order valence-corrected chi connectivity index (χ0v) is 22.9. The molecule has 9 nitrogen and oxygen atoms in total. The summed E-state index contributed by atoms with van der Waals surface area (Å²) in [5.41, 5.74) is 2.22. The topological polar surface area (TPSA) is 116 Å². The molecule has 1 atom stereocenters. The molecule has 1 heterocycles. The van der Waals surface area contributed by atoms with E-state index in [0.29, 0.717) is 23.5 Å². The van der Waals surface area contributed by atoms with Crippen molar-refractivity contribution in [2.24, 2.45) is 5.92 Å². The molecule has 1 unspecified atom stereocenters. The predicted octanol–water partition coefficient (Wildman–Crippen LogP) is 3.96. The van der Waals surface area contributed by atoms with Gasteiger partial charge in [0.25, 0.3) is 5.91 Å². The molecular weight excluding hydrogens is 516 g/mol. The highest BCUT2D eigenvalue weighted by Crippen LogP contribution is 2.23. The van der Waals surface area contributed by atoms with Gasteiger partial charge >= 0.3 is 0 Å². The van der Waals surface area contributed by atoms with Crippen molar-refractivity contribution in [2.45, 2.75) is 37.8 Å². The van der Waals surface area contributed by atoms with Crippen LogP contribution in [0.2, 0.25) is 0 Å². The van der Waals surface area contributed by atoms with Crippen molar-refractivity contribution >= 4 is 39.1 Å². The van der Waals surface area contributed by atoms with Crippen LogP contribution in [0.4, 0.5) is 11.4 Å². The summed E-state index contributed by atoms with van der Waals surface area (Å²) in [7, 11) is -2.18. The molecule has 3 aromatic rings. The van der Waals surface area contributed by atoms with E-state index < -0.39 is 15.9 Å². The molecule has 0 spiro atoms. The molecule has 1 fully saturated rings. The zero-order chi connectivity index (χ0) is 28.2. The highest BCUT2D eigenvalue weighted by atomic mass is 32.2. The number of carbonyl (C=O) groups is 3. The van der Waals surface area contributed by atoms with Crippen LogP contribution in [0.1, 0.15) is 36.2 Å². The number of hydrogen-bond donors (Lipinski definition) is 2. The maximum absolute atomic E-state index is 12.9. The van der Waals surface area contributed by atoms with Crippen LogP contribution < -0.4 is 10.6 Å². The minimum Gasteiger partial charge on any atom is -0.339 e. The van der Waals surface area contributed by atoms with E-state index in [1.165, 1.54) is 23.5 Å². The largest absolute Gasteiger partial charge is 0.339 e. The Morgan fingerprint density at radius 3 is 2.10 bits per heavy atom. The number of carbonyl (C=O) groups excluding carboxylic acids is 3. The molecule has 4 rings (SSSR count). The number of benzene rings is 3. The van der Waals surface area contributed by atoms with Crippen molar-refractivity contribution in [3.63, 3.8) is 0 Å². The van der Waals surface area contributed by atoms with Crippen molar-refractivity contribution in [3.8, 4) is 0 Å². The highest BCUT2D eigenvalue weighted by molar-refractivity contribution is 7.89. The van der Waals surface area contributed by atoms with Crippen LogP contribution in [0, 0.1) is 5.92 Å². The summed E-state index contributed by atoms with van der Waals surface area (Å²) in [4.78, 5) is 39.2. The Hall–Kier alpha value is -4.02. The lowest BCUT2D eigenvalue weighted by Gasteiger charge is -2.20. The van der Waals surface area contributed by atoms with Crippen molar-refractivity contribution in [1.29, 1.82) is 0 Å². The Labute approximate surface area is 228 Å². The molecule has 1 aliphatic heterocycles. The van der Waals surface area contributed by atoms with Gasteiger partial charge in [0, 0.05) is 49.5 Å². The average Bonchev–Trinajstić information content (AvgIpc) is 3.32. The molecule has 3 aromatic carbocycles. The Bertz CT molecular complexity index is 1440. The molecule has 1 saturated heterocycles. The second-order valence-electron chi connectivity index (χ2n) is 9.83. The van der Waals surface area contributed by atoms with E-state index in [9.17, 15) is 22.8 Å². The Balaban J connectivity index is 1.33. The van der Waals surface area contributed by atoms with Gasteiger partial charge in [-0.3, -0.25) is 14.4 Å². The fraction of sp³-hybridized carbons (Fsp3) is 0.276. The fourth-order valence-corrected chi connectivity index (χ4v) is 5.53. The van der Waals surface area contributed by atoms with Gasteiger partial charge in [0.05, 0.1) is 10.8 Å². The van der Waals surface area contributed by atoms with E-state index in [-0.39, 0.29) is 41.6 Å². The van der Waals surface area contributed by atoms with E-state index in [1.807, 2.05) is 44.2 Å². The smallest absolute Gasteiger partial charge is 0.255 e. The van der Waals surface area contributed by atoms with Gasteiger partial charge in [-0.05, 0) is 67.9 Å². The van der Waals surface area contributed by atoms with E-state index in [0.717, 1.165) is 5.56 Å². The average molecular weight is 549 g/mol. The van der Waals surface area contributed by atoms with Crippen molar-refractivity contribution in [2.75, 3.05) is 24.2 Å². The number of amides is 3. The summed E-state index contributed by atoms with van der Waals surface area (Å²) in [6.07, 6.45) is 0.188. The number of anilines is 2. The van der Waals surface area contributed by atoms with Gasteiger partial charge in [-0.15, -0.1) is 0 Å². The van der Waals surface area contributed by atoms with Gasteiger partial charge in [-0.25, -0.2) is 8.42 Å².